The van der Waals surface area contributed by atoms with Crippen molar-refractivity contribution in [2.24, 2.45) is 0 Å². The summed E-state index contributed by atoms with van der Waals surface area (Å²) in [5, 5.41) is 21.5. The lowest BCUT2D eigenvalue weighted by molar-refractivity contribution is -0.245. The van der Waals surface area contributed by atoms with Gasteiger partial charge in [-0.3, -0.25) is 9.59 Å². The van der Waals surface area contributed by atoms with Gasteiger partial charge in [-0.1, -0.05) is 48.2 Å². The fourth-order valence-corrected chi connectivity index (χ4v) is 4.54. The molecule has 0 bridgehead atoms. The number of benzene rings is 2. The molecule has 0 aliphatic carbocycles. The number of thioether (sulfide) groups is 1. The third-order valence-electron chi connectivity index (χ3n) is 5.59. The largest absolute Gasteiger partial charge is 0.481 e. The average molecular weight is 510 g/mol. The van der Waals surface area contributed by atoms with Gasteiger partial charge in [-0.05, 0) is 29.3 Å². The quantitative estimate of drug-likeness (QED) is 0.273. The van der Waals surface area contributed by atoms with E-state index < -0.39 is 12.3 Å². The maximum Gasteiger partial charge on any atom is 0.303 e. The predicted octanol–water partition coefficient (Wildman–Crippen LogP) is 4.11. The average Bonchev–Trinajstić information content (AvgIpc) is 2.91. The number of carbonyl (C=O) groups excluding carboxylic acids is 1. The third kappa shape index (κ3) is 7.34. The van der Waals surface area contributed by atoms with Crippen molar-refractivity contribution >= 4 is 29.3 Å². The molecule has 3 unspecified atom stereocenters. The normalized spacial score (nSPS) is 19.5. The van der Waals surface area contributed by atoms with Crippen molar-refractivity contribution in [1.29, 1.82) is 0 Å². The van der Waals surface area contributed by atoms with Crippen LogP contribution in [-0.4, -0.2) is 43.9 Å². The second-order valence-corrected chi connectivity index (χ2v) is 9.24. The van der Waals surface area contributed by atoms with Gasteiger partial charge in [0.25, 0.3) is 0 Å². The fraction of sp³-hybridized carbons (Fsp3) is 0.308. The van der Waals surface area contributed by atoms with E-state index in [4.69, 9.17) is 14.6 Å². The highest BCUT2D eigenvalue weighted by atomic mass is 32.2. The zero-order chi connectivity index (χ0) is 25.3. The molecule has 188 valence electrons. The number of hydrogen-bond donors (Lipinski definition) is 3. The number of aliphatic hydroxyl groups excluding tert-OH is 1. The van der Waals surface area contributed by atoms with Crippen LogP contribution in [-0.2, 0) is 25.7 Å². The number of ether oxygens (including phenoxy) is 2. The Morgan fingerprint density at radius 1 is 0.972 bits per heavy atom. The molecule has 1 aromatic heterocycles. The van der Waals surface area contributed by atoms with E-state index in [0.29, 0.717) is 23.0 Å². The van der Waals surface area contributed by atoms with E-state index in [2.05, 4.69) is 15.3 Å². The number of aliphatic hydroxyl groups is 1. The number of amides is 1. The maximum absolute atomic E-state index is 11.9. The van der Waals surface area contributed by atoms with E-state index >= 15 is 0 Å². The van der Waals surface area contributed by atoms with Crippen LogP contribution in [0.2, 0.25) is 0 Å². The molecule has 2 aromatic carbocycles. The van der Waals surface area contributed by atoms with Crippen molar-refractivity contribution in [3.63, 3.8) is 0 Å². The Balaban J connectivity index is 1.46. The van der Waals surface area contributed by atoms with Gasteiger partial charge in [-0.25, -0.2) is 9.97 Å². The summed E-state index contributed by atoms with van der Waals surface area (Å²) in [6.07, 6.45) is 2.78. The van der Waals surface area contributed by atoms with Gasteiger partial charge in [-0.15, -0.1) is 0 Å². The summed E-state index contributed by atoms with van der Waals surface area (Å²) >= 11 is 1.52. The van der Waals surface area contributed by atoms with Crippen molar-refractivity contribution in [2.75, 3.05) is 11.1 Å². The number of anilines is 1. The van der Waals surface area contributed by atoms with E-state index in [-0.39, 0.29) is 37.6 Å². The van der Waals surface area contributed by atoms with Gasteiger partial charge in [0.1, 0.15) is 0 Å². The van der Waals surface area contributed by atoms with Crippen LogP contribution in [0.1, 0.15) is 48.3 Å². The molecular formula is C26H27N3O6S. The van der Waals surface area contributed by atoms with Crippen molar-refractivity contribution in [2.45, 2.75) is 49.5 Å². The third-order valence-corrected chi connectivity index (χ3v) is 6.60. The molecule has 9 nitrogen and oxygen atoms in total. The molecule has 1 aliphatic rings. The number of carboxylic acids is 1. The van der Waals surface area contributed by atoms with Crippen LogP contribution in [0, 0.1) is 0 Å². The Morgan fingerprint density at radius 3 is 2.33 bits per heavy atom. The van der Waals surface area contributed by atoms with E-state index in [9.17, 15) is 14.7 Å². The van der Waals surface area contributed by atoms with Gasteiger partial charge in [0.2, 0.25) is 5.91 Å². The summed E-state index contributed by atoms with van der Waals surface area (Å²) in [6.45, 7) is -0.0208. The molecule has 1 saturated heterocycles. The second-order valence-electron chi connectivity index (χ2n) is 8.26. The first kappa shape index (κ1) is 25.8. The van der Waals surface area contributed by atoms with Gasteiger partial charge < -0.3 is 25.0 Å². The Hall–Kier alpha value is -3.31. The Morgan fingerprint density at radius 2 is 1.67 bits per heavy atom. The zero-order valence-electron chi connectivity index (χ0n) is 19.4. The summed E-state index contributed by atoms with van der Waals surface area (Å²) in [5.41, 5.74) is 3.18. The molecule has 0 radical (unpaired) electrons. The number of hydrogen-bond acceptors (Lipinski definition) is 8. The van der Waals surface area contributed by atoms with E-state index in [1.165, 1.54) is 11.8 Å². The number of rotatable bonds is 10. The van der Waals surface area contributed by atoms with E-state index in [0.717, 1.165) is 16.7 Å². The van der Waals surface area contributed by atoms with Crippen LogP contribution in [0.25, 0.3) is 0 Å². The van der Waals surface area contributed by atoms with Crippen LogP contribution >= 0.6 is 11.8 Å². The molecular weight excluding hydrogens is 482 g/mol. The SMILES string of the molecule is O=C(O)CCC(=O)Nc1ccc(C2OC(CSc3ncccn3)CC(c3ccc(CO)cc3)O2)cc1. The van der Waals surface area contributed by atoms with Gasteiger partial charge >= 0.3 is 5.97 Å². The summed E-state index contributed by atoms with van der Waals surface area (Å²) in [7, 11) is 0. The van der Waals surface area contributed by atoms with Crippen molar-refractivity contribution < 1.29 is 29.3 Å². The topological polar surface area (TPSA) is 131 Å². The number of carbonyl (C=O) groups is 2. The molecule has 0 spiro atoms. The lowest BCUT2D eigenvalue weighted by atomic mass is 10.0. The molecule has 3 atom stereocenters. The first-order valence-corrected chi connectivity index (χ1v) is 12.5. The van der Waals surface area contributed by atoms with Crippen LogP contribution in [0.4, 0.5) is 5.69 Å². The summed E-state index contributed by atoms with van der Waals surface area (Å²) in [6, 6.07) is 16.6. The summed E-state index contributed by atoms with van der Waals surface area (Å²) < 4.78 is 12.6. The number of aliphatic carboxylic acids is 1. The Kier molecular flexibility index (Phi) is 9.01. The van der Waals surface area contributed by atoms with E-state index in [1.54, 1.807) is 30.6 Å². The van der Waals surface area contributed by atoms with Gasteiger partial charge in [0, 0.05) is 42.2 Å². The standard InChI is InChI=1S/C26H27N3O6S/c30-15-17-2-4-18(5-3-17)22-14-21(16-36-26-27-12-1-13-28-26)34-25(35-22)19-6-8-20(9-7-19)29-23(31)10-11-24(32)33/h1-9,12-13,21-22,25,30H,10-11,14-16H2,(H,29,31)(H,32,33). The number of carboxylic acid groups (broad SMARTS) is 1. The first-order valence-electron chi connectivity index (χ1n) is 11.5. The van der Waals surface area contributed by atoms with Crippen LogP contribution < -0.4 is 5.32 Å². The molecule has 2 heterocycles. The monoisotopic (exact) mass is 509 g/mol. The highest BCUT2D eigenvalue weighted by Crippen LogP contribution is 2.39. The summed E-state index contributed by atoms with van der Waals surface area (Å²) in [5.74, 6) is -0.728. The minimum Gasteiger partial charge on any atom is -0.481 e. The summed E-state index contributed by atoms with van der Waals surface area (Å²) in [4.78, 5) is 31.1. The Labute approximate surface area is 212 Å². The van der Waals surface area contributed by atoms with E-state index in [1.807, 2.05) is 36.4 Å². The molecule has 0 saturated carbocycles. The number of nitrogens with zero attached hydrogens (tertiary/aromatic N) is 2. The molecule has 36 heavy (non-hydrogen) atoms. The lowest BCUT2D eigenvalue weighted by Gasteiger charge is -2.36. The van der Waals surface area contributed by atoms with Crippen molar-refractivity contribution in [3.8, 4) is 0 Å². The van der Waals surface area contributed by atoms with Gasteiger partial charge in [-0.2, -0.15) is 0 Å². The highest BCUT2D eigenvalue weighted by molar-refractivity contribution is 7.99. The van der Waals surface area contributed by atoms with Crippen molar-refractivity contribution in [1.82, 2.24) is 9.97 Å². The molecule has 1 aliphatic heterocycles. The highest BCUT2D eigenvalue weighted by Gasteiger charge is 2.32. The van der Waals surface area contributed by atoms with Gasteiger partial charge in [0.05, 0.1) is 25.2 Å². The smallest absolute Gasteiger partial charge is 0.303 e. The maximum atomic E-state index is 11.9. The van der Waals surface area contributed by atoms with Crippen LogP contribution in [0.5, 0.6) is 0 Å². The Bertz CT molecular complexity index is 1140. The fourth-order valence-electron chi connectivity index (χ4n) is 3.72. The molecule has 4 rings (SSSR count). The minimum absolute atomic E-state index is 0.0208. The molecule has 1 fully saturated rings. The zero-order valence-corrected chi connectivity index (χ0v) is 20.3. The van der Waals surface area contributed by atoms with Gasteiger partial charge in [0.15, 0.2) is 11.4 Å². The molecule has 10 heteroatoms. The lowest BCUT2D eigenvalue weighted by Crippen LogP contribution is -2.31. The van der Waals surface area contributed by atoms with Crippen molar-refractivity contribution in [3.05, 3.63) is 83.7 Å². The predicted molar refractivity (Wildman–Crippen MR) is 133 cm³/mol. The molecule has 3 aromatic rings. The van der Waals surface area contributed by atoms with Crippen LogP contribution in [0.3, 0.4) is 0 Å². The minimum atomic E-state index is -1.01. The number of aromatic nitrogens is 2. The number of nitrogens with one attached hydrogen (secondary N) is 1. The molecule has 3 N–H and O–H groups in total. The second kappa shape index (κ2) is 12.6. The first-order chi connectivity index (χ1) is 17.5. The van der Waals surface area contributed by atoms with Crippen LogP contribution in [0.15, 0.2) is 72.1 Å². The molecule has 1 amide bonds.